The summed E-state index contributed by atoms with van der Waals surface area (Å²) in [6.07, 6.45) is 0. The second-order valence-corrected chi connectivity index (χ2v) is 26.0. The molecule has 1 aliphatic heterocycles. The van der Waals surface area contributed by atoms with Crippen molar-refractivity contribution in [1.82, 2.24) is 0 Å². The number of hydrogen-bond acceptors (Lipinski definition) is 3. The van der Waals surface area contributed by atoms with E-state index < -0.39 is 8.07 Å². The van der Waals surface area contributed by atoms with E-state index >= 15 is 0 Å². The summed E-state index contributed by atoms with van der Waals surface area (Å²) in [6, 6.07) is 50.3. The second kappa shape index (κ2) is 14.4. The topological polar surface area (TPSA) is 19.6 Å². The fourth-order valence-corrected chi connectivity index (χ4v) is 12.2. The van der Waals surface area contributed by atoms with E-state index in [1.165, 1.54) is 43.6 Å². The van der Waals surface area contributed by atoms with Crippen molar-refractivity contribution in [3.05, 3.63) is 156 Å². The van der Waals surface area contributed by atoms with Crippen LogP contribution in [-0.4, -0.2) is 8.07 Å². The molecule has 0 amide bonds. The predicted octanol–water partition coefficient (Wildman–Crippen LogP) is 15.4. The lowest BCUT2D eigenvalue weighted by atomic mass is 9.86. The van der Waals surface area contributed by atoms with E-state index in [1.54, 1.807) is 0 Å². The minimum atomic E-state index is -2.18. The number of nitrogens with zero attached hydrogens (tertiary/aromatic N) is 2. The van der Waals surface area contributed by atoms with Crippen molar-refractivity contribution in [2.45, 2.75) is 118 Å². The van der Waals surface area contributed by atoms with Crippen molar-refractivity contribution >= 4 is 63.5 Å². The van der Waals surface area contributed by atoms with E-state index in [1.807, 2.05) is 0 Å². The molecule has 0 bridgehead atoms. The molecule has 3 nitrogen and oxygen atoms in total. The maximum Gasteiger partial charge on any atom is 0.135 e. The molecule has 1 aromatic heterocycles. The van der Waals surface area contributed by atoms with Crippen molar-refractivity contribution < 1.29 is 4.42 Å². The fraction of sp³-hybridized carbons (Fsp3) is 0.321. The van der Waals surface area contributed by atoms with Crippen LogP contribution in [0.1, 0.15) is 105 Å². The van der Waals surface area contributed by atoms with Crippen LogP contribution in [0.4, 0.5) is 34.1 Å². The van der Waals surface area contributed by atoms with Gasteiger partial charge in [0, 0.05) is 45.1 Å². The van der Waals surface area contributed by atoms with Gasteiger partial charge in [0.05, 0.1) is 0 Å². The highest BCUT2D eigenvalue weighted by molar-refractivity contribution is 7.05. The van der Waals surface area contributed by atoms with Crippen LogP contribution in [0.25, 0.3) is 22.3 Å². The van der Waals surface area contributed by atoms with Crippen molar-refractivity contribution in [2.75, 3.05) is 9.80 Å². The molecule has 0 N–H and O–H groups in total. The molecule has 2 heterocycles. The van der Waals surface area contributed by atoms with Gasteiger partial charge in [-0.05, 0) is 133 Å². The van der Waals surface area contributed by atoms with E-state index in [0.717, 1.165) is 45.5 Å². The Morgan fingerprint density at radius 2 is 0.800 bits per heavy atom. The Bertz CT molecular complexity index is 2630. The third kappa shape index (κ3) is 7.53. The van der Waals surface area contributed by atoms with Crippen LogP contribution in [0.5, 0.6) is 0 Å². The zero-order chi connectivity index (χ0) is 43.2. The first-order chi connectivity index (χ1) is 28.0. The molecule has 8 rings (SSSR count). The zero-order valence-corrected chi connectivity index (χ0v) is 39.5. The second-order valence-electron chi connectivity index (χ2n) is 21.7. The summed E-state index contributed by atoms with van der Waals surface area (Å²) in [5, 5.41) is 4.02. The lowest BCUT2D eigenvalue weighted by Crippen LogP contribution is -2.49. The van der Waals surface area contributed by atoms with Gasteiger partial charge in [-0.2, -0.15) is 0 Å². The third-order valence-corrected chi connectivity index (χ3v) is 16.2. The Labute approximate surface area is 361 Å². The Kier molecular flexibility index (Phi) is 9.94. The molecule has 0 saturated carbocycles. The van der Waals surface area contributed by atoms with Gasteiger partial charge in [0.2, 0.25) is 0 Å². The fourth-order valence-electron chi connectivity index (χ4n) is 8.91. The van der Waals surface area contributed by atoms with Crippen molar-refractivity contribution in [1.29, 1.82) is 0 Å². The van der Waals surface area contributed by atoms with E-state index in [0.29, 0.717) is 0 Å². The Balaban J connectivity index is 1.27. The highest BCUT2D eigenvalue weighted by Crippen LogP contribution is 2.44. The number of furan rings is 1. The van der Waals surface area contributed by atoms with Gasteiger partial charge in [-0.1, -0.05) is 151 Å². The number of hydrogen-bond donors (Lipinski definition) is 0. The molecular weight excluding hydrogens is 745 g/mol. The van der Waals surface area contributed by atoms with E-state index in [4.69, 9.17) is 4.42 Å². The van der Waals surface area contributed by atoms with E-state index in [-0.39, 0.29) is 21.7 Å². The first-order valence-corrected chi connectivity index (χ1v) is 24.8. The molecule has 7 aromatic rings. The minimum absolute atomic E-state index is 0.0225. The molecule has 0 aliphatic carbocycles. The normalized spacial score (nSPS) is 14.0. The van der Waals surface area contributed by atoms with Gasteiger partial charge in [0.15, 0.2) is 0 Å². The summed E-state index contributed by atoms with van der Waals surface area (Å²) in [6.45, 7) is 32.3. The first-order valence-electron chi connectivity index (χ1n) is 21.8. The molecule has 4 heteroatoms. The summed E-state index contributed by atoms with van der Waals surface area (Å²) in [5.74, 6) is 1.03. The molecule has 6 aromatic carbocycles. The standard InChI is InChI=1S/C56H64N2OSi/c1-53(2,3)37-18-24-41(25-19-37)57(42-26-20-38(21-27-42)54(4,5)6)45-30-32-49-47(35-45)52-51(59-49)48-36-46(31-33-50(48)60(52,13)14)58(43-28-22-39(23-29-43)55(7,8)9)44-17-15-16-40(34-44)56(10,11)12/h15-36H,1-14H3. The summed E-state index contributed by atoms with van der Waals surface area (Å²) in [4.78, 5) is 4.82. The summed E-state index contributed by atoms with van der Waals surface area (Å²) in [7, 11) is -2.18. The maximum atomic E-state index is 6.99. The Hall–Kier alpha value is -5.32. The average Bonchev–Trinajstić information content (AvgIpc) is 3.67. The minimum Gasteiger partial charge on any atom is -0.456 e. The summed E-state index contributed by atoms with van der Waals surface area (Å²) < 4.78 is 6.99. The average molecular weight is 809 g/mol. The summed E-state index contributed by atoms with van der Waals surface area (Å²) in [5.41, 5.74) is 14.5. The maximum absolute atomic E-state index is 6.99. The van der Waals surface area contributed by atoms with Gasteiger partial charge in [-0.15, -0.1) is 0 Å². The molecule has 0 fully saturated rings. The van der Waals surface area contributed by atoms with Crippen LogP contribution >= 0.6 is 0 Å². The lowest BCUT2D eigenvalue weighted by molar-refractivity contribution is 0.590. The zero-order valence-electron chi connectivity index (χ0n) is 38.5. The molecule has 0 unspecified atom stereocenters. The predicted molar refractivity (Wildman–Crippen MR) is 263 cm³/mol. The Morgan fingerprint density at radius 3 is 1.27 bits per heavy atom. The lowest BCUT2D eigenvalue weighted by Gasteiger charge is -2.29. The number of rotatable bonds is 6. The van der Waals surface area contributed by atoms with Crippen LogP contribution in [0.2, 0.25) is 13.1 Å². The van der Waals surface area contributed by atoms with E-state index in [2.05, 4.69) is 239 Å². The SMILES string of the molecule is CC(C)(C)c1ccc(N(c2cccc(C(C)(C)C)c2)c2ccc3c(c2)-c2oc4ccc(N(c5ccc(C(C)(C)C)cc5)c5ccc(C(C)(C)C)cc5)cc4c2[Si]3(C)C)cc1. The van der Waals surface area contributed by atoms with Gasteiger partial charge in [-0.25, -0.2) is 0 Å². The molecule has 0 radical (unpaired) electrons. The molecule has 1 aliphatic rings. The van der Waals surface area contributed by atoms with Gasteiger partial charge < -0.3 is 14.2 Å². The van der Waals surface area contributed by atoms with Crippen LogP contribution in [0.3, 0.4) is 0 Å². The van der Waals surface area contributed by atoms with Gasteiger partial charge >= 0.3 is 0 Å². The molecule has 60 heavy (non-hydrogen) atoms. The van der Waals surface area contributed by atoms with E-state index in [9.17, 15) is 0 Å². The highest BCUT2D eigenvalue weighted by Gasteiger charge is 2.42. The molecule has 308 valence electrons. The summed E-state index contributed by atoms with van der Waals surface area (Å²) >= 11 is 0. The van der Waals surface area contributed by atoms with Gasteiger partial charge in [0.25, 0.3) is 0 Å². The van der Waals surface area contributed by atoms with Crippen LogP contribution in [-0.2, 0) is 21.7 Å². The molecular formula is C56H64N2OSi. The highest BCUT2D eigenvalue weighted by atomic mass is 28.3. The molecule has 0 saturated heterocycles. The van der Waals surface area contributed by atoms with Gasteiger partial charge in [0.1, 0.15) is 19.4 Å². The number of fused-ring (bicyclic) bond motifs is 5. The van der Waals surface area contributed by atoms with Crippen molar-refractivity contribution in [3.8, 4) is 11.3 Å². The van der Waals surface area contributed by atoms with Crippen molar-refractivity contribution in [3.63, 3.8) is 0 Å². The van der Waals surface area contributed by atoms with Crippen molar-refractivity contribution in [2.24, 2.45) is 0 Å². The van der Waals surface area contributed by atoms with Crippen LogP contribution < -0.4 is 20.2 Å². The number of anilines is 6. The Morgan fingerprint density at radius 1 is 0.400 bits per heavy atom. The van der Waals surface area contributed by atoms with Crippen LogP contribution in [0.15, 0.2) is 138 Å². The van der Waals surface area contributed by atoms with Gasteiger partial charge in [-0.3, -0.25) is 0 Å². The molecule has 0 spiro atoms. The monoisotopic (exact) mass is 808 g/mol. The van der Waals surface area contributed by atoms with Crippen LogP contribution in [0, 0.1) is 0 Å². The third-order valence-electron chi connectivity index (χ3n) is 12.7. The first kappa shape index (κ1) is 41.4. The molecule has 0 atom stereocenters. The number of benzene rings is 6. The largest absolute Gasteiger partial charge is 0.456 e. The quantitative estimate of drug-likeness (QED) is 0.156. The smallest absolute Gasteiger partial charge is 0.135 e.